The molecule has 0 amide bonds. The lowest BCUT2D eigenvalue weighted by atomic mass is 10.1. The Balaban J connectivity index is 2.23. The molecule has 3 unspecified atom stereocenters. The molecule has 0 aliphatic heterocycles. The molecule has 0 saturated carbocycles. The van der Waals surface area contributed by atoms with E-state index in [0.29, 0.717) is 5.92 Å². The second kappa shape index (κ2) is 7.42. The van der Waals surface area contributed by atoms with Crippen LogP contribution in [0.5, 0.6) is 0 Å². The van der Waals surface area contributed by atoms with Crippen LogP contribution in [0.15, 0.2) is 12.2 Å². The van der Waals surface area contributed by atoms with E-state index in [1.807, 2.05) is 0 Å². The Bertz CT molecular complexity index is 194. The molecular formula is C12H21BrO2. The molecule has 0 aromatic heterocycles. The van der Waals surface area contributed by atoms with Crippen LogP contribution in [0, 0.1) is 5.92 Å². The third-order valence-electron chi connectivity index (χ3n) is 2.63. The van der Waals surface area contributed by atoms with Crippen LogP contribution in [0.25, 0.3) is 0 Å². The fourth-order valence-electron chi connectivity index (χ4n) is 1.59. The van der Waals surface area contributed by atoms with Gasteiger partial charge in [-0.1, -0.05) is 48.4 Å². The lowest BCUT2D eigenvalue weighted by molar-refractivity contribution is -0.153. The molecule has 0 saturated heterocycles. The van der Waals surface area contributed by atoms with Crippen molar-refractivity contribution in [2.75, 3.05) is 11.9 Å². The smallest absolute Gasteiger partial charge is 0.167 e. The molecule has 88 valence electrons. The van der Waals surface area contributed by atoms with Crippen molar-refractivity contribution < 1.29 is 9.47 Å². The Labute approximate surface area is 101 Å². The van der Waals surface area contributed by atoms with E-state index in [1.165, 1.54) is 0 Å². The van der Waals surface area contributed by atoms with Crippen LogP contribution in [0.1, 0.15) is 33.1 Å². The van der Waals surface area contributed by atoms with E-state index in [0.717, 1.165) is 31.2 Å². The van der Waals surface area contributed by atoms with Crippen LogP contribution >= 0.6 is 15.9 Å². The molecule has 1 aliphatic carbocycles. The fourth-order valence-corrected chi connectivity index (χ4v) is 1.92. The molecular weight excluding hydrogens is 256 g/mol. The van der Waals surface area contributed by atoms with Gasteiger partial charge in [0.1, 0.15) is 0 Å². The summed E-state index contributed by atoms with van der Waals surface area (Å²) in [6, 6.07) is 0. The van der Waals surface area contributed by atoms with Gasteiger partial charge in [0.2, 0.25) is 0 Å². The Morgan fingerprint density at radius 3 is 2.87 bits per heavy atom. The predicted octanol–water partition coefficient (Wildman–Crippen LogP) is 3.51. The van der Waals surface area contributed by atoms with E-state index in [4.69, 9.17) is 9.47 Å². The van der Waals surface area contributed by atoms with Gasteiger partial charge in [-0.05, 0) is 18.8 Å². The van der Waals surface area contributed by atoms with Gasteiger partial charge in [-0.2, -0.15) is 0 Å². The quantitative estimate of drug-likeness (QED) is 0.307. The van der Waals surface area contributed by atoms with Crippen molar-refractivity contribution in [1.82, 2.24) is 0 Å². The van der Waals surface area contributed by atoms with Crippen molar-refractivity contribution in [2.24, 2.45) is 5.92 Å². The molecule has 3 atom stereocenters. The van der Waals surface area contributed by atoms with Crippen LogP contribution in [-0.4, -0.2) is 24.3 Å². The summed E-state index contributed by atoms with van der Waals surface area (Å²) >= 11 is 3.42. The number of ether oxygens (including phenoxy) is 2. The molecule has 0 heterocycles. The van der Waals surface area contributed by atoms with Gasteiger partial charge in [0.15, 0.2) is 6.29 Å². The highest BCUT2D eigenvalue weighted by molar-refractivity contribution is 9.09. The summed E-state index contributed by atoms with van der Waals surface area (Å²) < 4.78 is 11.5. The summed E-state index contributed by atoms with van der Waals surface area (Å²) in [4.78, 5) is 0. The first-order chi connectivity index (χ1) is 7.27. The molecule has 15 heavy (non-hydrogen) atoms. The van der Waals surface area contributed by atoms with E-state index in [9.17, 15) is 0 Å². The van der Waals surface area contributed by atoms with Crippen molar-refractivity contribution >= 4 is 15.9 Å². The zero-order chi connectivity index (χ0) is 11.1. The summed E-state index contributed by atoms with van der Waals surface area (Å²) in [6.45, 7) is 5.16. The summed E-state index contributed by atoms with van der Waals surface area (Å²) in [5.41, 5.74) is 0. The molecule has 0 aromatic rings. The van der Waals surface area contributed by atoms with Crippen LogP contribution in [0.2, 0.25) is 0 Å². The molecule has 0 aromatic carbocycles. The zero-order valence-electron chi connectivity index (χ0n) is 9.62. The number of halogens is 1. The number of hydrogen-bond donors (Lipinski definition) is 0. The Morgan fingerprint density at radius 2 is 2.33 bits per heavy atom. The highest BCUT2D eigenvalue weighted by Crippen LogP contribution is 2.22. The molecule has 2 nitrogen and oxygen atoms in total. The minimum Gasteiger partial charge on any atom is -0.352 e. The number of allylic oxidation sites excluding steroid dienone is 1. The second-order valence-corrected chi connectivity index (χ2v) is 4.70. The van der Waals surface area contributed by atoms with Gasteiger partial charge in [0, 0.05) is 6.61 Å². The molecule has 0 bridgehead atoms. The first-order valence-electron chi connectivity index (χ1n) is 5.77. The fraction of sp³-hybridized carbons (Fsp3) is 0.833. The predicted molar refractivity (Wildman–Crippen MR) is 66.2 cm³/mol. The maximum absolute atomic E-state index is 5.86. The lowest BCUT2D eigenvalue weighted by Crippen LogP contribution is -2.27. The lowest BCUT2D eigenvalue weighted by Gasteiger charge is -2.22. The van der Waals surface area contributed by atoms with Crippen LogP contribution in [-0.2, 0) is 9.47 Å². The normalized spacial score (nSPS) is 27.1. The van der Waals surface area contributed by atoms with Crippen molar-refractivity contribution in [3.8, 4) is 0 Å². The van der Waals surface area contributed by atoms with Gasteiger partial charge in [0.05, 0.1) is 11.4 Å². The third-order valence-corrected chi connectivity index (χ3v) is 3.16. The molecule has 1 aliphatic rings. The number of rotatable bonds is 7. The van der Waals surface area contributed by atoms with Gasteiger partial charge in [-0.15, -0.1) is 0 Å². The maximum Gasteiger partial charge on any atom is 0.167 e. The van der Waals surface area contributed by atoms with E-state index < -0.39 is 0 Å². The van der Waals surface area contributed by atoms with E-state index >= 15 is 0 Å². The summed E-state index contributed by atoms with van der Waals surface area (Å²) in [5.74, 6) is 0.585. The third kappa shape index (κ3) is 4.66. The molecule has 0 radical (unpaired) electrons. The Morgan fingerprint density at radius 1 is 1.53 bits per heavy atom. The van der Waals surface area contributed by atoms with E-state index in [-0.39, 0.29) is 12.4 Å². The van der Waals surface area contributed by atoms with Gasteiger partial charge in [-0.25, -0.2) is 0 Å². The largest absolute Gasteiger partial charge is 0.352 e. The molecule has 0 fully saturated rings. The summed E-state index contributed by atoms with van der Waals surface area (Å²) in [7, 11) is 0. The van der Waals surface area contributed by atoms with Crippen LogP contribution < -0.4 is 0 Å². The van der Waals surface area contributed by atoms with Crippen molar-refractivity contribution in [2.45, 2.75) is 45.5 Å². The first kappa shape index (κ1) is 13.2. The standard InChI is InChI=1S/C12H21BrO2/c1-3-4-8-14-12(9-13)15-11-7-5-6-10(11)2/h5,7,10-12H,3-4,6,8-9H2,1-2H3. The molecule has 3 heteroatoms. The van der Waals surface area contributed by atoms with Gasteiger partial charge < -0.3 is 9.47 Å². The Hall–Kier alpha value is 0.140. The zero-order valence-corrected chi connectivity index (χ0v) is 11.2. The van der Waals surface area contributed by atoms with Gasteiger partial charge in [-0.3, -0.25) is 0 Å². The van der Waals surface area contributed by atoms with E-state index in [2.05, 4.69) is 41.9 Å². The summed E-state index contributed by atoms with van der Waals surface area (Å²) in [6.07, 6.45) is 7.84. The van der Waals surface area contributed by atoms with Gasteiger partial charge in [0.25, 0.3) is 0 Å². The molecule has 0 N–H and O–H groups in total. The Kier molecular flexibility index (Phi) is 6.53. The minimum atomic E-state index is -0.105. The minimum absolute atomic E-state index is 0.105. The van der Waals surface area contributed by atoms with Crippen molar-refractivity contribution in [1.29, 1.82) is 0 Å². The maximum atomic E-state index is 5.86. The average molecular weight is 277 g/mol. The molecule has 0 spiro atoms. The number of unbranched alkanes of at least 4 members (excludes halogenated alkanes) is 1. The number of hydrogen-bond acceptors (Lipinski definition) is 2. The average Bonchev–Trinajstić information content (AvgIpc) is 2.63. The van der Waals surface area contributed by atoms with Crippen LogP contribution in [0.3, 0.4) is 0 Å². The SMILES string of the molecule is CCCCOC(CBr)OC1C=CCC1C. The topological polar surface area (TPSA) is 18.5 Å². The molecule has 1 rings (SSSR count). The van der Waals surface area contributed by atoms with E-state index in [1.54, 1.807) is 0 Å². The second-order valence-electron chi connectivity index (χ2n) is 4.05. The van der Waals surface area contributed by atoms with Gasteiger partial charge >= 0.3 is 0 Å². The highest BCUT2D eigenvalue weighted by atomic mass is 79.9. The van der Waals surface area contributed by atoms with Crippen molar-refractivity contribution in [3.05, 3.63) is 12.2 Å². The monoisotopic (exact) mass is 276 g/mol. The first-order valence-corrected chi connectivity index (χ1v) is 6.89. The highest BCUT2D eigenvalue weighted by Gasteiger charge is 2.22. The van der Waals surface area contributed by atoms with Crippen molar-refractivity contribution in [3.63, 3.8) is 0 Å². The summed E-state index contributed by atoms with van der Waals surface area (Å²) in [5, 5.41) is 0.744. The van der Waals surface area contributed by atoms with Crippen LogP contribution in [0.4, 0.5) is 0 Å². The number of alkyl halides is 1.